The smallest absolute Gasteiger partial charge is 0.386 e. The first-order chi connectivity index (χ1) is 7.82. The van der Waals surface area contributed by atoms with Gasteiger partial charge in [-0.05, 0) is 12.5 Å². The van der Waals surface area contributed by atoms with Crippen molar-refractivity contribution in [2.24, 2.45) is 0 Å². The average Bonchev–Trinajstić information content (AvgIpc) is 2.27. The van der Waals surface area contributed by atoms with Crippen molar-refractivity contribution in [2.75, 3.05) is 0 Å². The number of alkyl halides is 3. The number of benzene rings is 1. The van der Waals surface area contributed by atoms with Crippen LogP contribution in [0.3, 0.4) is 0 Å². The molecule has 1 rings (SSSR count). The molecule has 0 fully saturated rings. The van der Waals surface area contributed by atoms with E-state index in [2.05, 4.69) is 0 Å². The highest BCUT2D eigenvalue weighted by molar-refractivity contribution is 5.81. The summed E-state index contributed by atoms with van der Waals surface area (Å²) >= 11 is 0. The van der Waals surface area contributed by atoms with Gasteiger partial charge in [0.25, 0.3) is 0 Å². The Bertz CT molecular complexity index is 378. The third-order valence-electron chi connectivity index (χ3n) is 2.23. The maximum Gasteiger partial charge on any atom is 0.471 e. The second-order valence-corrected chi connectivity index (χ2v) is 3.62. The van der Waals surface area contributed by atoms with Crippen molar-refractivity contribution >= 4 is 5.91 Å². The van der Waals surface area contributed by atoms with Gasteiger partial charge in [0.1, 0.15) is 0 Å². The monoisotopic (exact) mass is 247 g/mol. The Morgan fingerprint density at radius 1 is 1.29 bits per heavy atom. The summed E-state index contributed by atoms with van der Waals surface area (Å²) < 4.78 is 35.9. The van der Waals surface area contributed by atoms with E-state index in [1.807, 2.05) is 0 Å². The Labute approximate surface area is 96.3 Å². The highest BCUT2D eigenvalue weighted by atomic mass is 19.4. The molecule has 17 heavy (non-hydrogen) atoms. The minimum absolute atomic E-state index is 0.447. The number of aliphatic hydroxyl groups is 1. The number of aliphatic hydroxyl groups excluding tert-OH is 1. The molecular formula is C11H12F3NO2. The molecular weight excluding hydrogens is 235 g/mol. The molecule has 0 aromatic heterocycles. The van der Waals surface area contributed by atoms with Gasteiger partial charge in [-0.1, -0.05) is 30.3 Å². The third-order valence-corrected chi connectivity index (χ3v) is 2.23. The lowest BCUT2D eigenvalue weighted by Gasteiger charge is -2.21. The summed E-state index contributed by atoms with van der Waals surface area (Å²) in [5.41, 5.74) is 0.447. The first-order valence-electron chi connectivity index (χ1n) is 4.93. The van der Waals surface area contributed by atoms with Crippen LogP contribution in [0.4, 0.5) is 13.2 Å². The van der Waals surface area contributed by atoms with Crippen LogP contribution in [-0.4, -0.2) is 23.2 Å². The van der Waals surface area contributed by atoms with E-state index >= 15 is 0 Å². The van der Waals surface area contributed by atoms with Gasteiger partial charge in [0.15, 0.2) is 0 Å². The second-order valence-electron chi connectivity index (χ2n) is 3.62. The number of halogens is 3. The first-order valence-corrected chi connectivity index (χ1v) is 4.93. The maximum absolute atomic E-state index is 12.0. The van der Waals surface area contributed by atoms with Crippen molar-refractivity contribution in [3.05, 3.63) is 35.9 Å². The van der Waals surface area contributed by atoms with E-state index in [0.717, 1.165) is 0 Å². The summed E-state index contributed by atoms with van der Waals surface area (Å²) in [5.74, 6) is -2.06. The molecule has 6 heteroatoms. The van der Waals surface area contributed by atoms with Gasteiger partial charge >= 0.3 is 12.1 Å². The average molecular weight is 247 g/mol. The van der Waals surface area contributed by atoms with Gasteiger partial charge in [-0.15, -0.1) is 0 Å². The molecule has 0 saturated carbocycles. The molecule has 0 heterocycles. The summed E-state index contributed by atoms with van der Waals surface area (Å²) in [6.45, 7) is 1.31. The molecule has 0 spiro atoms. The van der Waals surface area contributed by atoms with Gasteiger partial charge in [-0.25, -0.2) is 0 Å². The quantitative estimate of drug-likeness (QED) is 0.855. The predicted molar refractivity (Wildman–Crippen MR) is 55.1 cm³/mol. The summed E-state index contributed by atoms with van der Waals surface area (Å²) in [6, 6.07) is 7.14. The summed E-state index contributed by atoms with van der Waals surface area (Å²) in [4.78, 5) is 10.7. The van der Waals surface area contributed by atoms with Gasteiger partial charge in [0.05, 0.1) is 12.1 Å². The van der Waals surface area contributed by atoms with Crippen LogP contribution in [0.5, 0.6) is 0 Å². The van der Waals surface area contributed by atoms with Crippen LogP contribution >= 0.6 is 0 Å². The highest BCUT2D eigenvalue weighted by Gasteiger charge is 2.39. The maximum atomic E-state index is 12.0. The zero-order chi connectivity index (χ0) is 13.1. The number of rotatable bonds is 3. The topological polar surface area (TPSA) is 49.3 Å². The molecule has 0 bridgehead atoms. The van der Waals surface area contributed by atoms with Crippen LogP contribution in [0.2, 0.25) is 0 Å². The van der Waals surface area contributed by atoms with Crippen molar-refractivity contribution in [3.8, 4) is 0 Å². The van der Waals surface area contributed by atoms with Crippen LogP contribution in [0.25, 0.3) is 0 Å². The van der Waals surface area contributed by atoms with Crippen molar-refractivity contribution in [2.45, 2.75) is 25.2 Å². The lowest BCUT2D eigenvalue weighted by molar-refractivity contribution is -0.175. The molecule has 2 N–H and O–H groups in total. The zero-order valence-electron chi connectivity index (χ0n) is 9.03. The standard InChI is InChI=1S/C11H12F3NO2/c1-7(15-10(17)11(12,13)14)9(16)8-5-3-2-4-6-8/h2-7,9,16H,1H3,(H,15,17). The van der Waals surface area contributed by atoms with E-state index in [1.54, 1.807) is 35.6 Å². The van der Waals surface area contributed by atoms with Gasteiger partial charge in [-0.2, -0.15) is 13.2 Å². The van der Waals surface area contributed by atoms with Gasteiger partial charge < -0.3 is 10.4 Å². The summed E-state index contributed by atoms with van der Waals surface area (Å²) in [6.07, 6.45) is -6.12. The number of hydrogen-bond acceptors (Lipinski definition) is 2. The van der Waals surface area contributed by atoms with E-state index in [9.17, 15) is 23.1 Å². The molecule has 1 amide bonds. The SMILES string of the molecule is CC(NC(=O)C(F)(F)F)C(O)c1ccccc1. The lowest BCUT2D eigenvalue weighted by atomic mass is 10.0. The molecule has 94 valence electrons. The third kappa shape index (κ3) is 3.74. The predicted octanol–water partition coefficient (Wildman–Crippen LogP) is 1.79. The van der Waals surface area contributed by atoms with Gasteiger partial charge in [-0.3, -0.25) is 4.79 Å². The van der Waals surface area contributed by atoms with Crippen LogP contribution < -0.4 is 5.32 Å². The Balaban J connectivity index is 2.66. The summed E-state index contributed by atoms with van der Waals surface area (Å²) in [7, 11) is 0. The molecule has 0 saturated heterocycles. The molecule has 1 aromatic rings. The molecule has 0 aliphatic heterocycles. The first kappa shape index (κ1) is 13.5. The lowest BCUT2D eigenvalue weighted by Crippen LogP contribution is -2.44. The Hall–Kier alpha value is -1.56. The fourth-order valence-corrected chi connectivity index (χ4v) is 1.31. The molecule has 0 radical (unpaired) electrons. The van der Waals surface area contributed by atoms with E-state index in [1.165, 1.54) is 6.92 Å². The van der Waals surface area contributed by atoms with Crippen LogP contribution in [0.15, 0.2) is 30.3 Å². The second kappa shape index (κ2) is 5.18. The van der Waals surface area contributed by atoms with Crippen molar-refractivity contribution in [1.82, 2.24) is 5.32 Å². The number of carbonyl (C=O) groups excluding carboxylic acids is 1. The Morgan fingerprint density at radius 3 is 2.29 bits per heavy atom. The molecule has 1 aromatic carbocycles. The number of carbonyl (C=O) groups is 1. The molecule has 2 unspecified atom stereocenters. The van der Waals surface area contributed by atoms with Crippen molar-refractivity contribution in [1.29, 1.82) is 0 Å². The highest BCUT2D eigenvalue weighted by Crippen LogP contribution is 2.19. The molecule has 0 aliphatic rings. The number of amides is 1. The van der Waals surface area contributed by atoms with Crippen LogP contribution in [0, 0.1) is 0 Å². The number of nitrogens with one attached hydrogen (secondary N) is 1. The van der Waals surface area contributed by atoms with E-state index in [-0.39, 0.29) is 0 Å². The molecule has 3 nitrogen and oxygen atoms in total. The zero-order valence-corrected chi connectivity index (χ0v) is 9.03. The fourth-order valence-electron chi connectivity index (χ4n) is 1.31. The van der Waals surface area contributed by atoms with E-state index in [0.29, 0.717) is 5.56 Å². The molecule has 2 atom stereocenters. The van der Waals surface area contributed by atoms with Crippen LogP contribution in [-0.2, 0) is 4.79 Å². The fraction of sp³-hybridized carbons (Fsp3) is 0.364. The van der Waals surface area contributed by atoms with Gasteiger partial charge in [0, 0.05) is 0 Å². The van der Waals surface area contributed by atoms with E-state index < -0.39 is 24.2 Å². The summed E-state index contributed by atoms with van der Waals surface area (Å²) in [5, 5.41) is 11.4. The minimum atomic E-state index is -4.94. The minimum Gasteiger partial charge on any atom is -0.386 e. The Morgan fingerprint density at radius 2 is 1.82 bits per heavy atom. The van der Waals surface area contributed by atoms with Gasteiger partial charge in [0.2, 0.25) is 0 Å². The van der Waals surface area contributed by atoms with E-state index in [4.69, 9.17) is 0 Å². The van der Waals surface area contributed by atoms with Crippen molar-refractivity contribution in [3.63, 3.8) is 0 Å². The van der Waals surface area contributed by atoms with Crippen molar-refractivity contribution < 1.29 is 23.1 Å². The molecule has 0 aliphatic carbocycles. The Kier molecular flexibility index (Phi) is 4.11. The largest absolute Gasteiger partial charge is 0.471 e. The number of hydrogen-bond donors (Lipinski definition) is 2. The normalized spacial score (nSPS) is 15.1. The van der Waals surface area contributed by atoms with Crippen LogP contribution in [0.1, 0.15) is 18.6 Å².